The van der Waals surface area contributed by atoms with Crippen molar-refractivity contribution in [3.63, 3.8) is 0 Å². The van der Waals surface area contributed by atoms with E-state index < -0.39 is 30.9 Å². The lowest BCUT2D eigenvalue weighted by Gasteiger charge is -2.15. The number of ketones is 2. The van der Waals surface area contributed by atoms with Gasteiger partial charge in [-0.15, -0.1) is 0 Å². The first-order valence-corrected chi connectivity index (χ1v) is 6.76. The molecule has 7 heteroatoms. The summed E-state index contributed by atoms with van der Waals surface area (Å²) in [5, 5.41) is 0. The van der Waals surface area contributed by atoms with Gasteiger partial charge in [0.1, 0.15) is 23.8 Å². The predicted molar refractivity (Wildman–Crippen MR) is 72.7 cm³/mol. The van der Waals surface area contributed by atoms with E-state index in [-0.39, 0.29) is 24.4 Å². The topological polar surface area (TPSA) is 96.0 Å². The maximum Gasteiger partial charge on any atom is 0.509 e. The molecule has 0 bridgehead atoms. The van der Waals surface area contributed by atoms with Crippen molar-refractivity contribution in [3.8, 4) is 0 Å². The van der Waals surface area contributed by atoms with Crippen molar-refractivity contribution in [3.05, 3.63) is 0 Å². The van der Waals surface area contributed by atoms with Crippen molar-refractivity contribution in [2.45, 2.75) is 59.2 Å². The van der Waals surface area contributed by atoms with Gasteiger partial charge in [-0.3, -0.25) is 9.59 Å². The van der Waals surface area contributed by atoms with Crippen LogP contribution in [0.2, 0.25) is 0 Å². The van der Waals surface area contributed by atoms with E-state index in [9.17, 15) is 19.2 Å². The van der Waals surface area contributed by atoms with Crippen LogP contribution in [0.5, 0.6) is 0 Å². The Kier molecular flexibility index (Phi) is 9.00. The van der Waals surface area contributed by atoms with Crippen LogP contribution >= 0.6 is 0 Å². The van der Waals surface area contributed by atoms with Crippen molar-refractivity contribution < 1.29 is 33.4 Å². The highest BCUT2D eigenvalue weighted by molar-refractivity contribution is 5.78. The molecule has 0 aromatic heterocycles. The lowest BCUT2D eigenvalue weighted by Crippen LogP contribution is -2.25. The van der Waals surface area contributed by atoms with Gasteiger partial charge in [0.05, 0.1) is 0 Å². The molecule has 2 atom stereocenters. The van der Waals surface area contributed by atoms with Gasteiger partial charge in [-0.05, 0) is 27.2 Å². The number of hydrogen-bond acceptors (Lipinski definition) is 7. The number of hydrogen-bond donors (Lipinski definition) is 0. The number of carbonyl (C=O) groups excluding carboxylic acids is 4. The number of ether oxygens (including phenoxy) is 3. The first kappa shape index (κ1) is 19.1. The molecular weight excluding hydrogens is 280 g/mol. The molecule has 0 heterocycles. The molecule has 0 spiro atoms. The van der Waals surface area contributed by atoms with Gasteiger partial charge in [0, 0.05) is 12.8 Å². The Balaban J connectivity index is 4.03. The second-order valence-electron chi connectivity index (χ2n) is 4.80. The molecule has 0 fully saturated rings. The maximum atomic E-state index is 11.4. The van der Waals surface area contributed by atoms with Crippen LogP contribution in [0.15, 0.2) is 0 Å². The summed E-state index contributed by atoms with van der Waals surface area (Å²) in [4.78, 5) is 44.5. The van der Waals surface area contributed by atoms with Crippen LogP contribution in [0.25, 0.3) is 0 Å². The zero-order chi connectivity index (χ0) is 16.4. The average Bonchev–Trinajstić information content (AvgIpc) is 2.33. The Morgan fingerprint density at radius 2 is 1.52 bits per heavy atom. The molecule has 0 amide bonds. The normalized spacial score (nSPS) is 13.0. The first-order chi connectivity index (χ1) is 9.74. The first-order valence-electron chi connectivity index (χ1n) is 6.76. The molecule has 21 heavy (non-hydrogen) atoms. The monoisotopic (exact) mass is 302 g/mol. The highest BCUT2D eigenvalue weighted by Gasteiger charge is 2.18. The minimum Gasteiger partial charge on any atom is -0.459 e. The lowest BCUT2D eigenvalue weighted by atomic mass is 10.1. The van der Waals surface area contributed by atoms with Crippen LogP contribution in [0, 0.1) is 0 Å². The van der Waals surface area contributed by atoms with Crippen LogP contribution in [0.1, 0.15) is 47.0 Å². The van der Waals surface area contributed by atoms with E-state index in [0.29, 0.717) is 6.42 Å². The Bertz CT molecular complexity index is 389. The van der Waals surface area contributed by atoms with Gasteiger partial charge in [-0.2, -0.15) is 0 Å². The summed E-state index contributed by atoms with van der Waals surface area (Å²) in [6, 6.07) is 0. The smallest absolute Gasteiger partial charge is 0.459 e. The Morgan fingerprint density at radius 1 is 0.952 bits per heavy atom. The fraction of sp³-hybridized carbons (Fsp3) is 0.714. The molecule has 120 valence electrons. The minimum atomic E-state index is -1.04. The summed E-state index contributed by atoms with van der Waals surface area (Å²) in [7, 11) is 0. The second-order valence-corrected chi connectivity index (χ2v) is 4.80. The van der Waals surface area contributed by atoms with Crippen LogP contribution in [0.4, 0.5) is 4.79 Å². The maximum absolute atomic E-state index is 11.4. The van der Waals surface area contributed by atoms with Crippen molar-refractivity contribution in [2.24, 2.45) is 0 Å². The van der Waals surface area contributed by atoms with Gasteiger partial charge < -0.3 is 14.2 Å². The van der Waals surface area contributed by atoms with Crippen molar-refractivity contribution in [1.82, 2.24) is 0 Å². The predicted octanol–water partition coefficient (Wildman–Crippen LogP) is 1.81. The van der Waals surface area contributed by atoms with Crippen LogP contribution in [-0.2, 0) is 28.6 Å². The summed E-state index contributed by atoms with van der Waals surface area (Å²) < 4.78 is 14.3. The van der Waals surface area contributed by atoms with Crippen molar-refractivity contribution in [1.29, 1.82) is 0 Å². The highest BCUT2D eigenvalue weighted by atomic mass is 16.7. The quantitative estimate of drug-likeness (QED) is 0.599. The van der Waals surface area contributed by atoms with E-state index in [4.69, 9.17) is 9.47 Å². The molecule has 0 radical (unpaired) electrons. The molecule has 0 aromatic rings. The van der Waals surface area contributed by atoms with E-state index >= 15 is 0 Å². The summed E-state index contributed by atoms with van der Waals surface area (Å²) in [5.74, 6) is -0.961. The second kappa shape index (κ2) is 9.90. The molecular formula is C14H22O7. The average molecular weight is 302 g/mol. The van der Waals surface area contributed by atoms with E-state index in [0.717, 1.165) is 0 Å². The number of esters is 1. The molecule has 0 N–H and O–H groups in total. The largest absolute Gasteiger partial charge is 0.509 e. The van der Waals surface area contributed by atoms with E-state index in [2.05, 4.69) is 4.74 Å². The minimum absolute atomic E-state index is 0.0794. The zero-order valence-corrected chi connectivity index (χ0v) is 12.8. The Hall–Kier alpha value is -1.92. The molecule has 0 saturated carbocycles. The van der Waals surface area contributed by atoms with Gasteiger partial charge >= 0.3 is 12.1 Å². The van der Waals surface area contributed by atoms with Crippen LogP contribution < -0.4 is 0 Å². The fourth-order valence-corrected chi connectivity index (χ4v) is 1.57. The van der Waals surface area contributed by atoms with Gasteiger partial charge in [-0.1, -0.05) is 6.92 Å². The zero-order valence-electron chi connectivity index (χ0n) is 12.8. The lowest BCUT2D eigenvalue weighted by molar-refractivity contribution is -0.154. The van der Waals surface area contributed by atoms with Crippen LogP contribution in [-0.4, -0.2) is 42.5 Å². The number of carbonyl (C=O) groups is 4. The van der Waals surface area contributed by atoms with Gasteiger partial charge in [0.25, 0.3) is 0 Å². The fourth-order valence-electron chi connectivity index (χ4n) is 1.57. The number of rotatable bonds is 9. The molecule has 7 nitrogen and oxygen atoms in total. The third-order valence-corrected chi connectivity index (χ3v) is 2.45. The summed E-state index contributed by atoms with van der Waals surface area (Å²) in [6.45, 7) is 5.50. The SMILES string of the molecule is CCC(CC(C)=O)OC(=O)COC(=O)OC(C)CC(C)=O. The van der Waals surface area contributed by atoms with Crippen molar-refractivity contribution in [2.75, 3.05) is 6.61 Å². The van der Waals surface area contributed by atoms with Crippen LogP contribution in [0.3, 0.4) is 0 Å². The molecule has 2 unspecified atom stereocenters. The standard InChI is InChI=1S/C14H22O7/c1-5-12(7-10(3)16)21-13(17)8-19-14(18)20-11(4)6-9(2)15/h11-12H,5-8H2,1-4H3. The van der Waals surface area contributed by atoms with Gasteiger partial charge in [0.2, 0.25) is 0 Å². The van der Waals surface area contributed by atoms with Crippen molar-refractivity contribution >= 4 is 23.7 Å². The molecule has 0 aliphatic heterocycles. The third-order valence-electron chi connectivity index (χ3n) is 2.45. The summed E-state index contributed by atoms with van der Waals surface area (Å²) in [6.07, 6.45) is -1.48. The van der Waals surface area contributed by atoms with E-state index in [1.54, 1.807) is 13.8 Å². The molecule has 0 aromatic carbocycles. The summed E-state index contributed by atoms with van der Waals surface area (Å²) >= 11 is 0. The van der Waals surface area contributed by atoms with Gasteiger partial charge in [-0.25, -0.2) is 9.59 Å². The molecule has 0 aliphatic rings. The van der Waals surface area contributed by atoms with Gasteiger partial charge in [0.15, 0.2) is 6.61 Å². The summed E-state index contributed by atoms with van der Waals surface area (Å²) in [5.41, 5.74) is 0. The Morgan fingerprint density at radius 3 is 2.00 bits per heavy atom. The van der Waals surface area contributed by atoms with E-state index in [1.165, 1.54) is 13.8 Å². The third kappa shape index (κ3) is 10.5. The van der Waals surface area contributed by atoms with E-state index in [1.807, 2.05) is 0 Å². The number of Topliss-reactive ketones (excluding diaryl/α,β-unsaturated/α-hetero) is 2. The molecule has 0 rings (SSSR count). The highest BCUT2D eigenvalue weighted by Crippen LogP contribution is 2.05. The molecule has 0 saturated heterocycles. The Labute approximate surface area is 123 Å². The molecule has 0 aliphatic carbocycles.